The molecule has 0 bridgehead atoms. The smallest absolute Gasteiger partial charge is 0.260 e. The fourth-order valence-corrected chi connectivity index (χ4v) is 1.43. The lowest BCUT2D eigenvalue weighted by Crippen LogP contribution is -2.31. The Labute approximate surface area is 102 Å². The van der Waals surface area contributed by atoms with Crippen molar-refractivity contribution in [1.29, 1.82) is 0 Å². The van der Waals surface area contributed by atoms with Gasteiger partial charge in [-0.25, -0.2) is 0 Å². The minimum atomic E-state index is -0.0361. The highest BCUT2D eigenvalue weighted by Crippen LogP contribution is 2.24. The topological polar surface area (TPSA) is 55.6 Å². The van der Waals surface area contributed by atoms with E-state index in [4.69, 9.17) is 10.5 Å². The van der Waals surface area contributed by atoms with Gasteiger partial charge in [0.05, 0.1) is 0 Å². The lowest BCUT2D eigenvalue weighted by molar-refractivity contribution is -0.131. The number of amides is 1. The van der Waals surface area contributed by atoms with E-state index in [1.165, 1.54) is 0 Å². The second-order valence-corrected chi connectivity index (χ2v) is 4.17. The van der Waals surface area contributed by atoms with Crippen LogP contribution in [0, 0.1) is 13.8 Å². The number of anilines is 1. The Morgan fingerprint density at radius 2 is 2.00 bits per heavy atom. The molecule has 0 saturated heterocycles. The van der Waals surface area contributed by atoms with E-state index in [0.717, 1.165) is 11.1 Å². The van der Waals surface area contributed by atoms with Crippen molar-refractivity contribution in [1.82, 2.24) is 4.90 Å². The molecule has 0 atom stereocenters. The third-order valence-electron chi connectivity index (χ3n) is 2.81. The number of nitrogen functional groups attached to an aromatic ring is 1. The van der Waals surface area contributed by atoms with Gasteiger partial charge >= 0.3 is 0 Å². The highest BCUT2D eigenvalue weighted by atomic mass is 16.5. The standard InChI is InChI=1S/C13H20N2O2/c1-5-15(4)13(16)8-17-12-7-11(14)9(2)6-10(12)3/h6-7H,5,8,14H2,1-4H3. The van der Waals surface area contributed by atoms with Crippen LogP contribution in [0.15, 0.2) is 12.1 Å². The van der Waals surface area contributed by atoms with E-state index in [1.54, 1.807) is 18.0 Å². The molecule has 0 aliphatic carbocycles. The summed E-state index contributed by atoms with van der Waals surface area (Å²) in [6, 6.07) is 3.72. The van der Waals surface area contributed by atoms with Gasteiger partial charge in [0.2, 0.25) is 0 Å². The third-order valence-corrected chi connectivity index (χ3v) is 2.81. The Morgan fingerprint density at radius 1 is 1.35 bits per heavy atom. The van der Waals surface area contributed by atoms with Crippen LogP contribution in [0.25, 0.3) is 0 Å². The van der Waals surface area contributed by atoms with Crippen LogP contribution in [0.2, 0.25) is 0 Å². The molecule has 1 rings (SSSR count). The molecule has 0 radical (unpaired) electrons. The van der Waals surface area contributed by atoms with E-state index in [2.05, 4.69) is 0 Å². The molecule has 4 nitrogen and oxygen atoms in total. The third kappa shape index (κ3) is 3.37. The molecule has 2 N–H and O–H groups in total. The van der Waals surface area contributed by atoms with Crippen molar-refractivity contribution in [2.45, 2.75) is 20.8 Å². The average Bonchev–Trinajstić information content (AvgIpc) is 2.30. The molecular weight excluding hydrogens is 216 g/mol. The zero-order valence-electron chi connectivity index (χ0n) is 10.9. The summed E-state index contributed by atoms with van der Waals surface area (Å²) in [5, 5.41) is 0. The summed E-state index contributed by atoms with van der Waals surface area (Å²) in [6.45, 7) is 6.54. The maximum atomic E-state index is 11.6. The van der Waals surface area contributed by atoms with E-state index in [1.807, 2.05) is 26.8 Å². The SMILES string of the molecule is CCN(C)C(=O)COc1cc(N)c(C)cc1C. The molecule has 0 heterocycles. The van der Waals surface area contributed by atoms with Crippen molar-refractivity contribution in [2.24, 2.45) is 0 Å². The Morgan fingerprint density at radius 3 is 2.59 bits per heavy atom. The molecule has 0 spiro atoms. The summed E-state index contributed by atoms with van der Waals surface area (Å²) in [5.74, 6) is 0.636. The first-order valence-corrected chi connectivity index (χ1v) is 5.69. The average molecular weight is 236 g/mol. The number of hydrogen-bond acceptors (Lipinski definition) is 3. The van der Waals surface area contributed by atoms with Gasteiger partial charge in [-0.05, 0) is 31.9 Å². The Bertz CT molecular complexity index is 416. The second-order valence-electron chi connectivity index (χ2n) is 4.17. The number of benzene rings is 1. The zero-order chi connectivity index (χ0) is 13.0. The van der Waals surface area contributed by atoms with Crippen molar-refractivity contribution in [3.05, 3.63) is 23.3 Å². The minimum Gasteiger partial charge on any atom is -0.483 e. The second kappa shape index (κ2) is 5.57. The van der Waals surface area contributed by atoms with Crippen LogP contribution in [0.5, 0.6) is 5.75 Å². The highest BCUT2D eigenvalue weighted by molar-refractivity contribution is 5.77. The van der Waals surface area contributed by atoms with Crippen molar-refractivity contribution >= 4 is 11.6 Å². The van der Waals surface area contributed by atoms with Crippen LogP contribution >= 0.6 is 0 Å². The Kier molecular flexibility index (Phi) is 4.37. The lowest BCUT2D eigenvalue weighted by Gasteiger charge is -2.16. The van der Waals surface area contributed by atoms with Crippen molar-refractivity contribution in [3.63, 3.8) is 0 Å². The van der Waals surface area contributed by atoms with Crippen LogP contribution in [-0.2, 0) is 4.79 Å². The van der Waals surface area contributed by atoms with E-state index >= 15 is 0 Å². The van der Waals surface area contributed by atoms with Gasteiger partial charge in [-0.2, -0.15) is 0 Å². The summed E-state index contributed by atoms with van der Waals surface area (Å²) in [4.78, 5) is 13.2. The van der Waals surface area contributed by atoms with Crippen LogP contribution < -0.4 is 10.5 Å². The van der Waals surface area contributed by atoms with Gasteiger partial charge in [-0.15, -0.1) is 0 Å². The summed E-state index contributed by atoms with van der Waals surface area (Å²) in [7, 11) is 1.75. The van der Waals surface area contributed by atoms with Gasteiger partial charge in [-0.3, -0.25) is 4.79 Å². The number of nitrogens with zero attached hydrogens (tertiary/aromatic N) is 1. The molecule has 0 aromatic heterocycles. The molecule has 1 aromatic rings. The van der Waals surface area contributed by atoms with E-state index in [0.29, 0.717) is 18.0 Å². The number of ether oxygens (including phenoxy) is 1. The number of carbonyl (C=O) groups excluding carboxylic acids is 1. The predicted molar refractivity (Wildman–Crippen MR) is 69.1 cm³/mol. The van der Waals surface area contributed by atoms with Gasteiger partial charge in [0.1, 0.15) is 5.75 Å². The Hall–Kier alpha value is -1.71. The van der Waals surface area contributed by atoms with E-state index < -0.39 is 0 Å². The number of aryl methyl sites for hydroxylation is 2. The van der Waals surface area contributed by atoms with Gasteiger partial charge < -0.3 is 15.4 Å². The van der Waals surface area contributed by atoms with Gasteiger partial charge in [0, 0.05) is 25.3 Å². The minimum absolute atomic E-state index is 0.0361. The highest BCUT2D eigenvalue weighted by Gasteiger charge is 2.09. The molecule has 1 amide bonds. The van der Waals surface area contributed by atoms with Crippen molar-refractivity contribution in [3.8, 4) is 5.75 Å². The normalized spacial score (nSPS) is 10.1. The summed E-state index contributed by atoms with van der Waals surface area (Å²) < 4.78 is 5.49. The number of hydrogen-bond donors (Lipinski definition) is 1. The van der Waals surface area contributed by atoms with Gasteiger partial charge in [0.15, 0.2) is 6.61 Å². The molecule has 17 heavy (non-hydrogen) atoms. The molecule has 94 valence electrons. The fourth-order valence-electron chi connectivity index (χ4n) is 1.43. The van der Waals surface area contributed by atoms with Crippen LogP contribution in [0.1, 0.15) is 18.1 Å². The molecular formula is C13H20N2O2. The first-order valence-electron chi connectivity index (χ1n) is 5.69. The summed E-state index contributed by atoms with van der Waals surface area (Å²) >= 11 is 0. The van der Waals surface area contributed by atoms with Crippen LogP contribution in [0.3, 0.4) is 0 Å². The van der Waals surface area contributed by atoms with E-state index in [9.17, 15) is 4.79 Å². The molecule has 1 aromatic carbocycles. The molecule has 0 saturated carbocycles. The molecule has 0 aliphatic rings. The van der Waals surface area contributed by atoms with Crippen LogP contribution in [0.4, 0.5) is 5.69 Å². The lowest BCUT2D eigenvalue weighted by atomic mass is 10.1. The van der Waals surface area contributed by atoms with Crippen LogP contribution in [-0.4, -0.2) is 31.0 Å². The molecule has 0 unspecified atom stereocenters. The molecule has 4 heteroatoms. The molecule has 0 aliphatic heterocycles. The largest absolute Gasteiger partial charge is 0.483 e. The van der Waals surface area contributed by atoms with Crippen molar-refractivity contribution in [2.75, 3.05) is 25.9 Å². The van der Waals surface area contributed by atoms with E-state index in [-0.39, 0.29) is 12.5 Å². The number of rotatable bonds is 4. The maximum absolute atomic E-state index is 11.6. The van der Waals surface area contributed by atoms with Gasteiger partial charge in [0.25, 0.3) is 5.91 Å². The van der Waals surface area contributed by atoms with Gasteiger partial charge in [-0.1, -0.05) is 6.07 Å². The zero-order valence-corrected chi connectivity index (χ0v) is 10.9. The number of likely N-dealkylation sites (N-methyl/N-ethyl adjacent to an activating group) is 1. The maximum Gasteiger partial charge on any atom is 0.260 e. The fraction of sp³-hybridized carbons (Fsp3) is 0.462. The predicted octanol–water partition coefficient (Wildman–Crippen LogP) is 1.74. The monoisotopic (exact) mass is 236 g/mol. The molecule has 0 fully saturated rings. The summed E-state index contributed by atoms with van der Waals surface area (Å²) in [5.41, 5.74) is 8.50. The van der Waals surface area contributed by atoms with Crippen molar-refractivity contribution < 1.29 is 9.53 Å². The first-order chi connectivity index (χ1) is 7.95. The quantitative estimate of drug-likeness (QED) is 0.810. The summed E-state index contributed by atoms with van der Waals surface area (Å²) in [6.07, 6.45) is 0. The number of nitrogens with two attached hydrogens (primary N) is 1. The first kappa shape index (κ1) is 13.4. The number of carbonyl (C=O) groups is 1. The Balaban J connectivity index is 2.70.